The number of alkyl halides is 2. The average Bonchev–Trinajstić information content (AvgIpc) is 2.12. The summed E-state index contributed by atoms with van der Waals surface area (Å²) >= 11 is 0. The smallest absolute Gasteiger partial charge is 0.325 e. The first-order chi connectivity index (χ1) is 6.79. The second kappa shape index (κ2) is 5.97. The van der Waals surface area contributed by atoms with E-state index in [1.807, 2.05) is 0 Å². The van der Waals surface area contributed by atoms with Crippen molar-refractivity contribution in [3.63, 3.8) is 0 Å². The molecule has 15 heavy (non-hydrogen) atoms. The molecular weight excluding hydrogens is 206 g/mol. The van der Waals surface area contributed by atoms with Crippen molar-refractivity contribution in [2.75, 3.05) is 27.2 Å². The summed E-state index contributed by atoms with van der Waals surface area (Å²) in [6, 6.07) is 0. The molecule has 0 aromatic carbocycles. The fraction of sp³-hybridized carbons (Fsp3) is 0.889. The van der Waals surface area contributed by atoms with Crippen LogP contribution in [-0.2, 0) is 9.53 Å². The number of ether oxygens (including phenoxy) is 1. The van der Waals surface area contributed by atoms with Crippen molar-refractivity contribution in [2.45, 2.75) is 25.3 Å². The molecule has 0 heterocycles. The van der Waals surface area contributed by atoms with Crippen molar-refractivity contribution < 1.29 is 18.3 Å². The highest BCUT2D eigenvalue weighted by Gasteiger charge is 2.29. The molecule has 0 bridgehead atoms. The predicted molar refractivity (Wildman–Crippen MR) is 52.7 cm³/mol. The first kappa shape index (κ1) is 14.2. The molecule has 90 valence electrons. The fourth-order valence-corrected chi connectivity index (χ4v) is 1.09. The maximum atomic E-state index is 12.0. The molecule has 0 radical (unpaired) electrons. The van der Waals surface area contributed by atoms with Crippen LogP contribution in [0.3, 0.4) is 0 Å². The van der Waals surface area contributed by atoms with Crippen LogP contribution in [0.15, 0.2) is 0 Å². The molecule has 1 atom stereocenters. The maximum absolute atomic E-state index is 12.0. The Bertz CT molecular complexity index is 210. The first-order valence-electron chi connectivity index (χ1n) is 4.63. The second-order valence-corrected chi connectivity index (χ2v) is 3.81. The lowest BCUT2D eigenvalue weighted by molar-refractivity contribution is -0.146. The summed E-state index contributed by atoms with van der Waals surface area (Å²) in [4.78, 5) is 12.6. The van der Waals surface area contributed by atoms with E-state index in [0.717, 1.165) is 0 Å². The Morgan fingerprint density at radius 1 is 1.60 bits per heavy atom. The van der Waals surface area contributed by atoms with E-state index in [1.54, 1.807) is 7.05 Å². The van der Waals surface area contributed by atoms with E-state index in [4.69, 9.17) is 5.73 Å². The first-order valence-corrected chi connectivity index (χ1v) is 4.63. The third-order valence-electron chi connectivity index (χ3n) is 2.11. The van der Waals surface area contributed by atoms with Crippen molar-refractivity contribution in [3.05, 3.63) is 0 Å². The lowest BCUT2D eigenvalue weighted by Crippen LogP contribution is -2.48. The number of hydrogen-bond acceptors (Lipinski definition) is 4. The minimum Gasteiger partial charge on any atom is -0.468 e. The van der Waals surface area contributed by atoms with Gasteiger partial charge in [-0.1, -0.05) is 0 Å². The molecule has 0 fully saturated rings. The number of rotatable bonds is 6. The topological polar surface area (TPSA) is 55.6 Å². The van der Waals surface area contributed by atoms with Crippen LogP contribution in [-0.4, -0.2) is 50.1 Å². The van der Waals surface area contributed by atoms with E-state index in [1.165, 1.54) is 18.9 Å². The third-order valence-corrected chi connectivity index (χ3v) is 2.11. The summed E-state index contributed by atoms with van der Waals surface area (Å²) in [6.45, 7) is 1.53. The van der Waals surface area contributed by atoms with E-state index in [-0.39, 0.29) is 13.0 Å². The molecule has 0 spiro atoms. The largest absolute Gasteiger partial charge is 0.468 e. The number of esters is 1. The Morgan fingerprint density at radius 3 is 2.53 bits per heavy atom. The Morgan fingerprint density at radius 2 is 2.13 bits per heavy atom. The number of carbonyl (C=O) groups is 1. The molecule has 0 aliphatic carbocycles. The normalized spacial score (nSPS) is 15.5. The maximum Gasteiger partial charge on any atom is 0.325 e. The van der Waals surface area contributed by atoms with Crippen LogP contribution in [0.5, 0.6) is 0 Å². The van der Waals surface area contributed by atoms with Gasteiger partial charge >= 0.3 is 5.97 Å². The summed E-state index contributed by atoms with van der Waals surface area (Å²) in [7, 11) is 2.80. The highest BCUT2D eigenvalue weighted by atomic mass is 19.3. The molecule has 2 N–H and O–H groups in total. The monoisotopic (exact) mass is 224 g/mol. The zero-order valence-electron chi connectivity index (χ0n) is 9.30. The van der Waals surface area contributed by atoms with E-state index in [9.17, 15) is 13.6 Å². The molecule has 4 nitrogen and oxygen atoms in total. The highest BCUT2D eigenvalue weighted by Crippen LogP contribution is 2.09. The van der Waals surface area contributed by atoms with Crippen LogP contribution in [0.2, 0.25) is 0 Å². The zero-order chi connectivity index (χ0) is 12.1. The van der Waals surface area contributed by atoms with Gasteiger partial charge < -0.3 is 15.4 Å². The Labute approximate surface area is 88.4 Å². The molecule has 0 rings (SSSR count). The number of hydrogen-bond donors (Lipinski definition) is 1. The van der Waals surface area contributed by atoms with Crippen molar-refractivity contribution >= 4 is 5.97 Å². The third kappa shape index (κ3) is 5.64. The molecule has 0 aliphatic rings. The molecule has 0 aliphatic heterocycles. The van der Waals surface area contributed by atoms with Crippen LogP contribution >= 0.6 is 0 Å². The van der Waals surface area contributed by atoms with Gasteiger partial charge in [-0.15, -0.1) is 0 Å². The standard InChI is InChI=1S/C9H18F2N2O2/c1-9(12,8(14)15-3)4-5-13(2)6-7(10)11/h7H,4-6,12H2,1-3H3. The quantitative estimate of drug-likeness (QED) is 0.666. The van der Waals surface area contributed by atoms with Gasteiger partial charge in [-0.25, -0.2) is 8.78 Å². The summed E-state index contributed by atoms with van der Waals surface area (Å²) in [5, 5.41) is 0. The molecule has 0 saturated carbocycles. The van der Waals surface area contributed by atoms with Crippen LogP contribution in [0, 0.1) is 0 Å². The second-order valence-electron chi connectivity index (χ2n) is 3.81. The summed E-state index contributed by atoms with van der Waals surface area (Å²) in [6.07, 6.45) is -2.10. The fourth-order valence-electron chi connectivity index (χ4n) is 1.09. The molecule has 1 unspecified atom stereocenters. The van der Waals surface area contributed by atoms with Crippen LogP contribution in [0.4, 0.5) is 8.78 Å². The van der Waals surface area contributed by atoms with E-state index < -0.39 is 17.9 Å². The van der Waals surface area contributed by atoms with Gasteiger partial charge in [-0.05, 0) is 20.4 Å². The van der Waals surface area contributed by atoms with Crippen LogP contribution in [0.1, 0.15) is 13.3 Å². The van der Waals surface area contributed by atoms with Gasteiger partial charge in [0.2, 0.25) is 0 Å². The molecule has 6 heteroatoms. The number of nitrogens with two attached hydrogens (primary N) is 1. The average molecular weight is 224 g/mol. The van der Waals surface area contributed by atoms with Crippen molar-refractivity contribution in [2.24, 2.45) is 5.73 Å². The zero-order valence-corrected chi connectivity index (χ0v) is 9.30. The molecule has 0 amide bonds. The van der Waals surface area contributed by atoms with E-state index in [0.29, 0.717) is 6.54 Å². The SMILES string of the molecule is COC(=O)C(C)(N)CCN(C)CC(F)F. The van der Waals surface area contributed by atoms with Gasteiger partial charge in [0.25, 0.3) is 6.43 Å². The number of carbonyl (C=O) groups excluding carboxylic acids is 1. The van der Waals surface area contributed by atoms with Gasteiger partial charge in [0.1, 0.15) is 5.54 Å². The number of methoxy groups -OCH3 is 1. The van der Waals surface area contributed by atoms with Gasteiger partial charge in [-0.2, -0.15) is 0 Å². The number of halogens is 2. The Hall–Kier alpha value is -0.750. The lowest BCUT2D eigenvalue weighted by atomic mass is 9.99. The van der Waals surface area contributed by atoms with Gasteiger partial charge in [0.05, 0.1) is 13.7 Å². The highest BCUT2D eigenvalue weighted by molar-refractivity contribution is 5.79. The summed E-state index contributed by atoms with van der Waals surface area (Å²) in [5.41, 5.74) is 4.54. The summed E-state index contributed by atoms with van der Waals surface area (Å²) in [5.74, 6) is -0.534. The molecule has 0 aromatic heterocycles. The lowest BCUT2D eigenvalue weighted by Gasteiger charge is -2.24. The molecular formula is C9H18F2N2O2. The molecule has 0 saturated heterocycles. The molecule has 0 aromatic rings. The van der Waals surface area contributed by atoms with Crippen LogP contribution < -0.4 is 5.73 Å². The predicted octanol–water partition coefficient (Wildman–Crippen LogP) is 0.464. The Kier molecular flexibility index (Phi) is 5.67. The van der Waals surface area contributed by atoms with Crippen molar-refractivity contribution in [1.29, 1.82) is 0 Å². The van der Waals surface area contributed by atoms with Gasteiger partial charge in [0, 0.05) is 6.54 Å². The van der Waals surface area contributed by atoms with Crippen molar-refractivity contribution in [1.82, 2.24) is 4.90 Å². The summed E-state index contributed by atoms with van der Waals surface area (Å²) < 4.78 is 28.4. The van der Waals surface area contributed by atoms with Gasteiger partial charge in [-0.3, -0.25) is 4.79 Å². The minimum absolute atomic E-state index is 0.281. The van der Waals surface area contributed by atoms with Crippen molar-refractivity contribution in [3.8, 4) is 0 Å². The van der Waals surface area contributed by atoms with Gasteiger partial charge in [0.15, 0.2) is 0 Å². The van der Waals surface area contributed by atoms with E-state index in [2.05, 4.69) is 4.74 Å². The minimum atomic E-state index is -2.38. The van der Waals surface area contributed by atoms with E-state index >= 15 is 0 Å². The Balaban J connectivity index is 3.98. The number of nitrogens with zero attached hydrogens (tertiary/aromatic N) is 1. The van der Waals surface area contributed by atoms with Crippen LogP contribution in [0.25, 0.3) is 0 Å².